The van der Waals surface area contributed by atoms with E-state index in [1.807, 2.05) is 6.92 Å². The molecule has 2 aromatic carbocycles. The Hall–Kier alpha value is -1.88. The molecule has 2 aromatic rings. The number of rotatable bonds is 7. The highest BCUT2D eigenvalue weighted by molar-refractivity contribution is 7.91. The van der Waals surface area contributed by atoms with Crippen LogP contribution in [0.25, 0.3) is 0 Å². The average Bonchev–Trinajstić information content (AvgIpc) is 2.53. The average molecular weight is 349 g/mol. The van der Waals surface area contributed by atoms with E-state index in [1.54, 1.807) is 0 Å². The lowest BCUT2D eigenvalue weighted by molar-refractivity contribution is 0.589. The molecule has 0 saturated heterocycles. The first kappa shape index (κ1) is 18.5. The fourth-order valence-electron chi connectivity index (χ4n) is 2.61. The lowest BCUT2D eigenvalue weighted by Gasteiger charge is -2.29. The summed E-state index contributed by atoms with van der Waals surface area (Å²) in [4.78, 5) is 2.37. The highest BCUT2D eigenvalue weighted by atomic mass is 32.2. The van der Waals surface area contributed by atoms with Crippen LogP contribution >= 0.6 is 0 Å². The number of nitrogens with zero attached hydrogens (tertiary/aromatic N) is 1. The second kappa shape index (κ2) is 7.79. The Bertz CT molecular complexity index is 753. The van der Waals surface area contributed by atoms with E-state index in [0.29, 0.717) is 13.0 Å². The Labute approximate surface area is 144 Å². The molecule has 0 N–H and O–H groups in total. The third-order valence-corrected chi connectivity index (χ3v) is 5.79. The van der Waals surface area contributed by atoms with Gasteiger partial charge in [-0.25, -0.2) is 12.8 Å². The van der Waals surface area contributed by atoms with E-state index in [1.165, 1.54) is 29.8 Å². The van der Waals surface area contributed by atoms with Gasteiger partial charge >= 0.3 is 0 Å². The third kappa shape index (κ3) is 4.81. The molecule has 2 rings (SSSR count). The summed E-state index contributed by atoms with van der Waals surface area (Å²) in [6.45, 7) is 6.88. The Morgan fingerprint density at radius 2 is 1.58 bits per heavy atom. The van der Waals surface area contributed by atoms with E-state index >= 15 is 0 Å². The van der Waals surface area contributed by atoms with E-state index in [4.69, 9.17) is 0 Å². The number of hydrogen-bond acceptors (Lipinski definition) is 3. The molecule has 0 unspecified atom stereocenters. The van der Waals surface area contributed by atoms with Crippen molar-refractivity contribution in [2.45, 2.75) is 38.1 Å². The quantitative estimate of drug-likeness (QED) is 0.703. The van der Waals surface area contributed by atoms with E-state index in [2.05, 4.69) is 43.0 Å². The van der Waals surface area contributed by atoms with Gasteiger partial charge in [0.05, 0.1) is 10.6 Å². The van der Waals surface area contributed by atoms with Crippen molar-refractivity contribution in [1.29, 1.82) is 0 Å². The molecule has 130 valence electrons. The summed E-state index contributed by atoms with van der Waals surface area (Å²) in [6, 6.07) is 13.5. The molecule has 0 fully saturated rings. The highest BCUT2D eigenvalue weighted by Gasteiger charge is 2.16. The van der Waals surface area contributed by atoms with Gasteiger partial charge < -0.3 is 4.90 Å². The maximum Gasteiger partial charge on any atom is 0.178 e. The molecule has 0 atom stereocenters. The van der Waals surface area contributed by atoms with Crippen LogP contribution < -0.4 is 4.90 Å². The van der Waals surface area contributed by atoms with Gasteiger partial charge in [0.1, 0.15) is 5.82 Å². The van der Waals surface area contributed by atoms with Crippen molar-refractivity contribution in [3.63, 3.8) is 0 Å². The van der Waals surface area contributed by atoms with Crippen molar-refractivity contribution >= 4 is 15.5 Å². The van der Waals surface area contributed by atoms with Crippen molar-refractivity contribution < 1.29 is 12.8 Å². The van der Waals surface area contributed by atoms with E-state index in [0.717, 1.165) is 5.69 Å². The Kier molecular flexibility index (Phi) is 5.99. The molecule has 0 bridgehead atoms. The lowest BCUT2D eigenvalue weighted by Crippen LogP contribution is -2.32. The van der Waals surface area contributed by atoms with Crippen molar-refractivity contribution in [3.05, 3.63) is 59.9 Å². The zero-order chi connectivity index (χ0) is 17.7. The second-order valence-electron chi connectivity index (χ2n) is 6.25. The first-order chi connectivity index (χ1) is 11.3. The highest BCUT2D eigenvalue weighted by Crippen LogP contribution is 2.19. The molecular weight excluding hydrogens is 325 g/mol. The van der Waals surface area contributed by atoms with Crippen LogP contribution in [0.2, 0.25) is 0 Å². The predicted octanol–water partition coefficient (Wildman–Crippen LogP) is 4.21. The van der Waals surface area contributed by atoms with Gasteiger partial charge in [0.15, 0.2) is 9.84 Å². The molecule has 0 saturated carbocycles. The molecule has 0 aromatic heterocycles. The molecule has 0 aliphatic rings. The van der Waals surface area contributed by atoms with Crippen LogP contribution in [-0.2, 0) is 9.84 Å². The van der Waals surface area contributed by atoms with Gasteiger partial charge in [-0.3, -0.25) is 0 Å². The first-order valence-electron chi connectivity index (χ1n) is 8.11. The largest absolute Gasteiger partial charge is 0.369 e. The van der Waals surface area contributed by atoms with E-state index in [-0.39, 0.29) is 16.7 Å². The molecule has 24 heavy (non-hydrogen) atoms. The maximum atomic E-state index is 12.9. The van der Waals surface area contributed by atoms with E-state index < -0.39 is 15.7 Å². The maximum absolute atomic E-state index is 12.9. The monoisotopic (exact) mass is 349 g/mol. The summed E-state index contributed by atoms with van der Waals surface area (Å²) in [6.07, 6.45) is 0.520. The van der Waals surface area contributed by atoms with Crippen LogP contribution in [0, 0.1) is 12.7 Å². The normalized spacial score (nSPS) is 11.7. The molecule has 0 aliphatic heterocycles. The van der Waals surface area contributed by atoms with Crippen molar-refractivity contribution in [2.24, 2.45) is 0 Å². The molecule has 3 nitrogen and oxygen atoms in total. The number of hydrogen-bond donors (Lipinski definition) is 0. The summed E-state index contributed by atoms with van der Waals surface area (Å²) < 4.78 is 37.6. The molecule has 0 amide bonds. The van der Waals surface area contributed by atoms with Gasteiger partial charge in [-0.1, -0.05) is 17.7 Å². The van der Waals surface area contributed by atoms with Crippen LogP contribution in [0.1, 0.15) is 25.8 Å². The number of sulfone groups is 1. The summed E-state index contributed by atoms with van der Waals surface area (Å²) in [5.41, 5.74) is 2.29. The molecule has 0 spiro atoms. The smallest absolute Gasteiger partial charge is 0.178 e. The van der Waals surface area contributed by atoms with Crippen molar-refractivity contribution in [1.82, 2.24) is 0 Å². The summed E-state index contributed by atoms with van der Waals surface area (Å²) >= 11 is 0. The second-order valence-corrected chi connectivity index (χ2v) is 8.36. The molecule has 0 aliphatic carbocycles. The topological polar surface area (TPSA) is 37.4 Å². The Morgan fingerprint density at radius 3 is 2.12 bits per heavy atom. The fraction of sp³-hybridized carbons (Fsp3) is 0.368. The third-order valence-electron chi connectivity index (χ3n) is 3.97. The lowest BCUT2D eigenvalue weighted by atomic mass is 10.2. The summed E-state index contributed by atoms with van der Waals surface area (Å²) in [5, 5.41) is 0. The standard InChI is InChI=1S/C19H24FNO2S/c1-15(2)21(18-9-5-16(3)6-10-18)13-4-14-24(22,23)19-11-7-17(20)8-12-19/h5-12,15H,4,13-14H2,1-3H3. The van der Waals surface area contributed by atoms with Crippen LogP contribution in [0.4, 0.5) is 10.1 Å². The molecule has 0 radical (unpaired) electrons. The van der Waals surface area contributed by atoms with Crippen molar-refractivity contribution in [2.75, 3.05) is 17.2 Å². The van der Waals surface area contributed by atoms with Crippen LogP contribution in [0.3, 0.4) is 0 Å². The number of halogens is 1. The minimum atomic E-state index is -3.38. The summed E-state index contributed by atoms with van der Waals surface area (Å²) in [5.74, 6) is -0.382. The minimum absolute atomic E-state index is 0.0493. The number of benzene rings is 2. The fourth-order valence-corrected chi connectivity index (χ4v) is 3.90. The van der Waals surface area contributed by atoms with E-state index in [9.17, 15) is 12.8 Å². The van der Waals surface area contributed by atoms with Gasteiger partial charge in [0.2, 0.25) is 0 Å². The van der Waals surface area contributed by atoms with Crippen molar-refractivity contribution in [3.8, 4) is 0 Å². The Morgan fingerprint density at radius 1 is 1.00 bits per heavy atom. The predicted molar refractivity (Wildman–Crippen MR) is 96.7 cm³/mol. The van der Waals surface area contributed by atoms with Gasteiger partial charge in [-0.15, -0.1) is 0 Å². The zero-order valence-electron chi connectivity index (χ0n) is 14.4. The van der Waals surface area contributed by atoms with Crippen LogP contribution in [-0.4, -0.2) is 26.8 Å². The number of aryl methyl sites for hydroxylation is 1. The molecule has 0 heterocycles. The number of anilines is 1. The zero-order valence-corrected chi connectivity index (χ0v) is 15.2. The van der Waals surface area contributed by atoms with Gasteiger partial charge in [0, 0.05) is 18.3 Å². The first-order valence-corrected chi connectivity index (χ1v) is 9.76. The van der Waals surface area contributed by atoms with Gasteiger partial charge in [-0.2, -0.15) is 0 Å². The summed E-state index contributed by atoms with van der Waals surface area (Å²) in [7, 11) is -3.38. The Balaban J connectivity index is 2.02. The molecule has 5 heteroatoms. The van der Waals surface area contributed by atoms with Gasteiger partial charge in [-0.05, 0) is 63.6 Å². The minimum Gasteiger partial charge on any atom is -0.369 e. The van der Waals surface area contributed by atoms with Crippen LogP contribution in [0.5, 0.6) is 0 Å². The van der Waals surface area contributed by atoms with Gasteiger partial charge in [0.25, 0.3) is 0 Å². The SMILES string of the molecule is Cc1ccc(N(CCCS(=O)(=O)c2ccc(F)cc2)C(C)C)cc1. The molecular formula is C19H24FNO2S. The van der Waals surface area contributed by atoms with Crippen LogP contribution in [0.15, 0.2) is 53.4 Å².